The quantitative estimate of drug-likeness (QED) is 0.321. The van der Waals surface area contributed by atoms with E-state index in [1.165, 1.54) is 17.8 Å². The molecule has 0 bridgehead atoms. The Bertz CT molecular complexity index is 1070. The Morgan fingerprint density at radius 3 is 2.77 bits per heavy atom. The lowest BCUT2D eigenvalue weighted by Crippen LogP contribution is -2.70. The molecule has 0 saturated carbocycles. The number of oxime groups is 1. The van der Waals surface area contributed by atoms with Crippen molar-refractivity contribution in [1.82, 2.24) is 19.6 Å². The molecule has 4 rings (SSSR count). The van der Waals surface area contributed by atoms with Gasteiger partial charge in [-0.2, -0.15) is 9.36 Å². The Morgan fingerprint density at radius 1 is 1.33 bits per heavy atom. The first-order valence-electron chi connectivity index (χ1n) is 8.54. The monoisotopic (exact) mass is 446 g/mol. The zero-order valence-corrected chi connectivity index (χ0v) is 16.7. The van der Waals surface area contributed by atoms with Gasteiger partial charge in [0.1, 0.15) is 17.1 Å². The van der Waals surface area contributed by atoms with E-state index < -0.39 is 29.2 Å². The van der Waals surface area contributed by atoms with Gasteiger partial charge in [-0.3, -0.25) is 14.5 Å². The summed E-state index contributed by atoms with van der Waals surface area (Å²) < 4.78 is 3.98. The van der Waals surface area contributed by atoms with Gasteiger partial charge in [-0.1, -0.05) is 23.4 Å². The molecule has 4 N–H and O–H groups in total. The standard InChI is InChI=1S/C17H14N6O5S2/c18-17-20-12(22-30-17)10(21-28-8-4-2-1-3-5-8)13(24)19-11-14(25)23-9(16(26)27)6-7-29-15(11)23/h1-6,11,15H,7H2,(H,19,24)(H,26,27)(H2,18,20,22)/t11?,15-/m1/s1. The molecule has 0 aliphatic carbocycles. The number of nitrogen functional groups attached to an aromatic ring is 1. The number of β-lactam (4-membered cyclic amide) rings is 1. The summed E-state index contributed by atoms with van der Waals surface area (Å²) in [5, 5.41) is 15.3. The molecule has 0 spiro atoms. The summed E-state index contributed by atoms with van der Waals surface area (Å²) in [6.07, 6.45) is 1.46. The van der Waals surface area contributed by atoms with Crippen LogP contribution in [0.25, 0.3) is 0 Å². The van der Waals surface area contributed by atoms with E-state index in [0.717, 1.165) is 16.4 Å². The Kier molecular flexibility index (Phi) is 5.37. The van der Waals surface area contributed by atoms with Crippen molar-refractivity contribution in [2.24, 2.45) is 5.16 Å². The van der Waals surface area contributed by atoms with Gasteiger partial charge >= 0.3 is 5.97 Å². The Hall–Kier alpha value is -3.45. The Labute approximate surface area is 177 Å². The minimum atomic E-state index is -1.20. The minimum Gasteiger partial charge on any atom is -0.477 e. The highest BCUT2D eigenvalue weighted by molar-refractivity contribution is 8.00. The molecule has 11 nitrogen and oxygen atoms in total. The zero-order valence-electron chi connectivity index (χ0n) is 15.1. The van der Waals surface area contributed by atoms with Crippen LogP contribution in [0.15, 0.2) is 47.3 Å². The fourth-order valence-corrected chi connectivity index (χ4v) is 4.47. The second-order valence-corrected chi connectivity index (χ2v) is 8.01. The van der Waals surface area contributed by atoms with Gasteiger partial charge < -0.3 is 21.0 Å². The molecule has 2 amide bonds. The third-order valence-electron chi connectivity index (χ3n) is 4.21. The van der Waals surface area contributed by atoms with Gasteiger partial charge in [0.05, 0.1) is 0 Å². The van der Waals surface area contributed by atoms with Crippen LogP contribution >= 0.6 is 23.3 Å². The van der Waals surface area contributed by atoms with E-state index in [1.54, 1.807) is 30.3 Å². The smallest absolute Gasteiger partial charge is 0.352 e. The van der Waals surface area contributed by atoms with Gasteiger partial charge in [0, 0.05) is 17.3 Å². The molecule has 1 unspecified atom stereocenters. The number of nitrogens with one attached hydrogen (secondary N) is 1. The van der Waals surface area contributed by atoms with Crippen molar-refractivity contribution in [2.45, 2.75) is 11.4 Å². The topological polar surface area (TPSA) is 160 Å². The van der Waals surface area contributed by atoms with Gasteiger partial charge in [-0.15, -0.1) is 11.8 Å². The summed E-state index contributed by atoms with van der Waals surface area (Å²) in [5.41, 5.74) is 5.26. The van der Waals surface area contributed by atoms with E-state index in [0.29, 0.717) is 11.5 Å². The Balaban J connectivity index is 1.54. The van der Waals surface area contributed by atoms with Crippen molar-refractivity contribution in [2.75, 3.05) is 11.5 Å². The molecule has 1 saturated heterocycles. The number of nitrogens with zero attached hydrogens (tertiary/aromatic N) is 4. The molecule has 2 aliphatic rings. The fourth-order valence-electron chi connectivity index (χ4n) is 2.84. The molecule has 3 heterocycles. The average Bonchev–Trinajstić information content (AvgIpc) is 3.18. The van der Waals surface area contributed by atoms with E-state index >= 15 is 0 Å². The van der Waals surface area contributed by atoms with Crippen LogP contribution in [0.1, 0.15) is 5.82 Å². The lowest BCUT2D eigenvalue weighted by atomic mass is 10.0. The van der Waals surface area contributed by atoms with Crippen molar-refractivity contribution in [3.05, 3.63) is 47.9 Å². The molecule has 2 aromatic rings. The molecule has 2 aliphatic heterocycles. The maximum Gasteiger partial charge on any atom is 0.352 e. The van der Waals surface area contributed by atoms with Crippen molar-refractivity contribution in [3.8, 4) is 5.75 Å². The number of carboxylic acid groups (broad SMARTS) is 1. The number of carbonyl (C=O) groups is 3. The maximum atomic E-state index is 12.9. The van der Waals surface area contributed by atoms with Crippen LogP contribution < -0.4 is 15.9 Å². The highest BCUT2D eigenvalue weighted by Gasteiger charge is 2.53. The van der Waals surface area contributed by atoms with Crippen molar-refractivity contribution in [3.63, 3.8) is 0 Å². The van der Waals surface area contributed by atoms with Crippen LogP contribution in [0, 0.1) is 0 Å². The van der Waals surface area contributed by atoms with E-state index in [1.807, 2.05) is 0 Å². The first kappa shape index (κ1) is 19.8. The lowest BCUT2D eigenvalue weighted by Gasteiger charge is -2.48. The number of aliphatic carboxylic acids is 1. The van der Waals surface area contributed by atoms with Crippen LogP contribution in [0.5, 0.6) is 5.75 Å². The van der Waals surface area contributed by atoms with Crippen molar-refractivity contribution in [1.29, 1.82) is 0 Å². The predicted molar refractivity (Wildman–Crippen MR) is 109 cm³/mol. The van der Waals surface area contributed by atoms with Crippen molar-refractivity contribution < 1.29 is 24.3 Å². The molecule has 1 aromatic heterocycles. The number of thioether (sulfide) groups is 1. The number of fused-ring (bicyclic) bond motifs is 1. The van der Waals surface area contributed by atoms with Gasteiger partial charge in [-0.25, -0.2) is 4.79 Å². The summed E-state index contributed by atoms with van der Waals surface area (Å²) in [6, 6.07) is 7.64. The number of anilines is 1. The zero-order chi connectivity index (χ0) is 21.3. The van der Waals surface area contributed by atoms with E-state index in [9.17, 15) is 19.5 Å². The molecule has 1 aromatic carbocycles. The van der Waals surface area contributed by atoms with Gasteiger partial charge in [0.2, 0.25) is 11.5 Å². The van der Waals surface area contributed by atoms with Crippen LogP contribution in [0.3, 0.4) is 0 Å². The van der Waals surface area contributed by atoms with Crippen LogP contribution in [-0.4, -0.2) is 60.0 Å². The number of hydrogen-bond donors (Lipinski definition) is 3. The normalized spacial score (nSPS) is 20.7. The highest BCUT2D eigenvalue weighted by Crippen LogP contribution is 2.37. The molecule has 13 heteroatoms. The maximum absolute atomic E-state index is 12.9. The second kappa shape index (κ2) is 8.12. The third-order valence-corrected chi connectivity index (χ3v) is 5.93. The average molecular weight is 446 g/mol. The molecule has 2 atom stereocenters. The van der Waals surface area contributed by atoms with Gasteiger partial charge in [-0.05, 0) is 18.2 Å². The summed E-state index contributed by atoms with van der Waals surface area (Å²) in [5.74, 6) is -1.71. The number of carboxylic acids is 1. The number of hydrogen-bond acceptors (Lipinski definition) is 10. The summed E-state index contributed by atoms with van der Waals surface area (Å²) in [7, 11) is 0. The SMILES string of the molecule is Nc1nc(C(=NOc2ccccc2)C(=O)NC2C(=O)N3C(C(=O)O)=CCS[C@H]23)ns1. The van der Waals surface area contributed by atoms with E-state index in [4.69, 9.17) is 10.6 Å². The van der Waals surface area contributed by atoms with E-state index in [-0.39, 0.29) is 22.4 Å². The number of aromatic nitrogens is 2. The molecule has 0 radical (unpaired) electrons. The summed E-state index contributed by atoms with van der Waals surface area (Å²) in [4.78, 5) is 47.0. The number of amides is 2. The predicted octanol–water partition coefficient (Wildman–Crippen LogP) is 0.272. The molecule has 1 fully saturated rings. The van der Waals surface area contributed by atoms with Gasteiger partial charge in [0.15, 0.2) is 10.9 Å². The number of para-hydroxylation sites is 1. The Morgan fingerprint density at radius 2 is 2.10 bits per heavy atom. The van der Waals surface area contributed by atoms with Gasteiger partial charge in [0.25, 0.3) is 11.8 Å². The molecular weight excluding hydrogens is 432 g/mol. The lowest BCUT2D eigenvalue weighted by molar-refractivity contribution is -0.150. The number of benzene rings is 1. The van der Waals surface area contributed by atoms with Crippen LogP contribution in [0.4, 0.5) is 5.13 Å². The first-order valence-corrected chi connectivity index (χ1v) is 10.4. The highest BCUT2D eigenvalue weighted by atomic mass is 32.2. The number of rotatable bonds is 6. The molecular formula is C17H14N6O5S2. The number of nitrogens with two attached hydrogens (primary N) is 1. The second-order valence-electron chi connectivity index (χ2n) is 6.08. The summed E-state index contributed by atoms with van der Waals surface area (Å²) in [6.45, 7) is 0. The van der Waals surface area contributed by atoms with Crippen LogP contribution in [-0.2, 0) is 14.4 Å². The third kappa shape index (κ3) is 3.71. The number of carbonyl (C=O) groups excluding carboxylic acids is 2. The van der Waals surface area contributed by atoms with Crippen molar-refractivity contribution >= 4 is 51.9 Å². The summed E-state index contributed by atoms with van der Waals surface area (Å²) >= 11 is 2.22. The minimum absolute atomic E-state index is 0.0445. The fraction of sp³-hybridized carbons (Fsp3) is 0.176. The largest absolute Gasteiger partial charge is 0.477 e. The molecule has 154 valence electrons. The first-order chi connectivity index (χ1) is 14.5. The van der Waals surface area contributed by atoms with E-state index in [2.05, 4.69) is 19.8 Å². The van der Waals surface area contributed by atoms with Crippen LogP contribution in [0.2, 0.25) is 0 Å². The molecule has 30 heavy (non-hydrogen) atoms.